The summed E-state index contributed by atoms with van der Waals surface area (Å²) in [6.07, 6.45) is 1.35. The average molecular weight is 340 g/mol. The van der Waals surface area contributed by atoms with Crippen LogP contribution in [0.4, 0.5) is 19.4 Å². The number of amides is 2. The number of rotatable bonds is 2. The number of primary amides is 1. The maximum absolute atomic E-state index is 14.3. The van der Waals surface area contributed by atoms with E-state index >= 15 is 0 Å². The van der Waals surface area contributed by atoms with Gasteiger partial charge in [0.15, 0.2) is 0 Å². The van der Waals surface area contributed by atoms with E-state index in [4.69, 9.17) is 11.0 Å². The van der Waals surface area contributed by atoms with Crippen LogP contribution in [0.1, 0.15) is 35.4 Å². The van der Waals surface area contributed by atoms with Crippen molar-refractivity contribution in [3.63, 3.8) is 0 Å². The summed E-state index contributed by atoms with van der Waals surface area (Å²) >= 11 is 0. The molecule has 7 heteroatoms. The number of aromatic nitrogens is 1. The summed E-state index contributed by atoms with van der Waals surface area (Å²) in [6, 6.07) is 6.21. The molecule has 5 nitrogen and oxygen atoms in total. The van der Waals surface area contributed by atoms with Crippen LogP contribution in [0.3, 0.4) is 0 Å². The number of nitrogens with two attached hydrogens (primary N) is 1. The number of benzene rings is 1. The SMILES string of the molecule is CC1c2c(F)ccc(F)c2[C@H]2C(N(C(N)=O)c3ccc(C#N)cn3)[C@@H]12. The second-order valence-corrected chi connectivity index (χ2v) is 6.46. The molecule has 1 fully saturated rings. The molecule has 0 saturated heterocycles. The van der Waals surface area contributed by atoms with Crippen molar-refractivity contribution in [3.05, 3.63) is 58.8 Å². The topological polar surface area (TPSA) is 83.0 Å². The Morgan fingerprint density at radius 3 is 2.48 bits per heavy atom. The number of fused-ring (bicyclic) bond motifs is 3. The number of carbonyl (C=O) groups is 1. The third kappa shape index (κ3) is 2.10. The second kappa shape index (κ2) is 5.24. The van der Waals surface area contributed by atoms with Gasteiger partial charge >= 0.3 is 6.03 Å². The van der Waals surface area contributed by atoms with Gasteiger partial charge in [0, 0.05) is 12.1 Å². The molecule has 2 aliphatic rings. The molecule has 0 aliphatic heterocycles. The zero-order valence-electron chi connectivity index (χ0n) is 13.3. The minimum absolute atomic E-state index is 0.105. The van der Waals surface area contributed by atoms with Crippen LogP contribution in [0.15, 0.2) is 30.5 Å². The van der Waals surface area contributed by atoms with Gasteiger partial charge in [-0.2, -0.15) is 5.26 Å². The molecule has 4 atom stereocenters. The first-order valence-corrected chi connectivity index (χ1v) is 7.88. The van der Waals surface area contributed by atoms with E-state index in [2.05, 4.69) is 4.98 Å². The summed E-state index contributed by atoms with van der Waals surface area (Å²) in [5, 5.41) is 8.86. The molecule has 25 heavy (non-hydrogen) atoms. The number of nitrogens with zero attached hydrogens (tertiary/aromatic N) is 3. The van der Waals surface area contributed by atoms with Crippen LogP contribution in [0.2, 0.25) is 0 Å². The van der Waals surface area contributed by atoms with Crippen LogP contribution < -0.4 is 10.6 Å². The van der Waals surface area contributed by atoms with Gasteiger partial charge in [-0.1, -0.05) is 6.92 Å². The lowest BCUT2D eigenvalue weighted by molar-refractivity contribution is 0.253. The minimum atomic E-state index is -0.706. The summed E-state index contributed by atoms with van der Waals surface area (Å²) in [4.78, 5) is 17.4. The number of urea groups is 1. The Hall–Kier alpha value is -3.01. The molecule has 0 bridgehead atoms. The van der Waals surface area contributed by atoms with Gasteiger partial charge in [-0.05, 0) is 47.2 Å². The molecule has 0 spiro atoms. The fraction of sp³-hybridized carbons (Fsp3) is 0.278. The first kappa shape index (κ1) is 15.5. The lowest BCUT2D eigenvalue weighted by atomic mass is 9.95. The molecular formula is C18H14F2N4O. The molecule has 2 amide bonds. The van der Waals surface area contributed by atoms with Crippen molar-refractivity contribution in [3.8, 4) is 6.07 Å². The Bertz CT molecular complexity index is 922. The smallest absolute Gasteiger partial charge is 0.320 e. The van der Waals surface area contributed by atoms with Crippen LogP contribution in [0, 0.1) is 28.9 Å². The molecular weight excluding hydrogens is 326 g/mol. The standard InChI is InChI=1S/C18H14F2N4O/c1-8-13-10(19)3-4-11(20)15(13)16-14(8)17(16)24(18(22)25)12-5-2-9(6-21)7-23-12/h2-5,7-8,14,16-17H,1H3,(H2,22,25)/t8?,14-,16-,17?/m0/s1. The van der Waals surface area contributed by atoms with Gasteiger partial charge in [0.25, 0.3) is 0 Å². The van der Waals surface area contributed by atoms with Crippen LogP contribution >= 0.6 is 0 Å². The summed E-state index contributed by atoms with van der Waals surface area (Å²) in [7, 11) is 0. The molecule has 2 N–H and O–H groups in total. The van der Waals surface area contributed by atoms with Crippen LogP contribution in [0.25, 0.3) is 0 Å². The summed E-state index contributed by atoms with van der Waals surface area (Å²) in [5.74, 6) is -1.21. The highest BCUT2D eigenvalue weighted by Crippen LogP contribution is 2.65. The Balaban J connectivity index is 1.74. The van der Waals surface area contributed by atoms with Crippen molar-refractivity contribution in [1.82, 2.24) is 4.98 Å². The van der Waals surface area contributed by atoms with E-state index in [9.17, 15) is 13.6 Å². The number of hydrogen-bond donors (Lipinski definition) is 1. The maximum atomic E-state index is 14.3. The van der Waals surface area contributed by atoms with E-state index in [0.29, 0.717) is 22.5 Å². The largest absolute Gasteiger partial charge is 0.351 e. The fourth-order valence-corrected chi connectivity index (χ4v) is 4.20. The summed E-state index contributed by atoms with van der Waals surface area (Å²) < 4.78 is 28.4. The van der Waals surface area contributed by atoms with Gasteiger partial charge in [0.05, 0.1) is 11.6 Å². The molecule has 2 aliphatic carbocycles. The first-order chi connectivity index (χ1) is 12.0. The molecule has 1 aromatic heterocycles. The van der Waals surface area contributed by atoms with Crippen molar-refractivity contribution in [1.29, 1.82) is 5.26 Å². The Labute approximate surface area is 142 Å². The van der Waals surface area contributed by atoms with Crippen LogP contribution in [-0.2, 0) is 0 Å². The quantitative estimate of drug-likeness (QED) is 0.912. The number of carbonyl (C=O) groups excluding carboxylic acids is 1. The predicted octanol–water partition coefficient (Wildman–Crippen LogP) is 3.02. The van der Waals surface area contributed by atoms with E-state index in [0.717, 1.165) is 12.1 Å². The van der Waals surface area contributed by atoms with Gasteiger partial charge in [0.2, 0.25) is 0 Å². The van der Waals surface area contributed by atoms with E-state index in [1.807, 2.05) is 13.0 Å². The Morgan fingerprint density at radius 2 is 1.92 bits per heavy atom. The van der Waals surface area contributed by atoms with Gasteiger partial charge < -0.3 is 5.73 Å². The first-order valence-electron chi connectivity index (χ1n) is 7.88. The molecule has 2 unspecified atom stereocenters. The average Bonchev–Trinajstić information content (AvgIpc) is 3.21. The van der Waals surface area contributed by atoms with Crippen molar-refractivity contribution in [2.24, 2.45) is 11.7 Å². The predicted molar refractivity (Wildman–Crippen MR) is 85.8 cm³/mol. The molecule has 2 aromatic rings. The Kier molecular flexibility index (Phi) is 3.25. The van der Waals surface area contributed by atoms with Gasteiger partial charge in [0.1, 0.15) is 23.5 Å². The fourth-order valence-electron chi connectivity index (χ4n) is 4.20. The highest BCUT2D eigenvalue weighted by atomic mass is 19.1. The van der Waals surface area contributed by atoms with Gasteiger partial charge in [-0.25, -0.2) is 18.6 Å². The third-order valence-electron chi connectivity index (χ3n) is 5.24. The van der Waals surface area contributed by atoms with Gasteiger partial charge in [-0.15, -0.1) is 0 Å². The van der Waals surface area contributed by atoms with E-state index < -0.39 is 17.7 Å². The molecule has 126 valence electrons. The molecule has 1 saturated carbocycles. The zero-order valence-corrected chi connectivity index (χ0v) is 13.3. The lowest BCUT2D eigenvalue weighted by Crippen LogP contribution is -2.40. The molecule has 4 rings (SSSR count). The highest BCUT2D eigenvalue weighted by molar-refractivity contribution is 5.91. The lowest BCUT2D eigenvalue weighted by Gasteiger charge is -2.24. The van der Waals surface area contributed by atoms with Crippen molar-refractivity contribution in [2.45, 2.75) is 24.8 Å². The van der Waals surface area contributed by atoms with Crippen molar-refractivity contribution < 1.29 is 13.6 Å². The van der Waals surface area contributed by atoms with Crippen LogP contribution in [-0.4, -0.2) is 17.1 Å². The van der Waals surface area contributed by atoms with Crippen LogP contribution in [0.5, 0.6) is 0 Å². The van der Waals surface area contributed by atoms with E-state index in [1.165, 1.54) is 23.2 Å². The normalized spacial score (nSPS) is 25.7. The number of hydrogen-bond acceptors (Lipinski definition) is 3. The zero-order chi connectivity index (χ0) is 17.9. The number of pyridine rings is 1. The van der Waals surface area contributed by atoms with Crippen molar-refractivity contribution >= 4 is 11.8 Å². The van der Waals surface area contributed by atoms with Crippen molar-refractivity contribution in [2.75, 3.05) is 4.90 Å². The number of nitriles is 1. The van der Waals surface area contributed by atoms with E-state index in [-0.39, 0.29) is 23.8 Å². The minimum Gasteiger partial charge on any atom is -0.351 e. The second-order valence-electron chi connectivity index (χ2n) is 6.46. The number of anilines is 1. The van der Waals surface area contributed by atoms with Gasteiger partial charge in [-0.3, -0.25) is 4.90 Å². The Morgan fingerprint density at radius 1 is 1.24 bits per heavy atom. The molecule has 0 radical (unpaired) electrons. The highest BCUT2D eigenvalue weighted by Gasteiger charge is 2.64. The summed E-state index contributed by atoms with van der Waals surface area (Å²) in [5.41, 5.74) is 6.62. The summed E-state index contributed by atoms with van der Waals surface area (Å²) in [6.45, 7) is 1.83. The maximum Gasteiger partial charge on any atom is 0.320 e. The van der Waals surface area contributed by atoms with E-state index in [1.54, 1.807) is 0 Å². The molecule has 1 heterocycles. The number of halogens is 2. The molecule has 1 aromatic carbocycles. The third-order valence-corrected chi connectivity index (χ3v) is 5.24. The monoisotopic (exact) mass is 340 g/mol.